The van der Waals surface area contributed by atoms with E-state index < -0.39 is 30.1 Å². The molecule has 1 aliphatic carbocycles. The van der Waals surface area contributed by atoms with Gasteiger partial charge < -0.3 is 15.2 Å². The van der Waals surface area contributed by atoms with Crippen molar-refractivity contribution in [2.45, 2.75) is 37.8 Å². The van der Waals surface area contributed by atoms with Crippen molar-refractivity contribution in [3.63, 3.8) is 0 Å². The van der Waals surface area contributed by atoms with Gasteiger partial charge in [0, 0.05) is 19.4 Å². The second-order valence-electron chi connectivity index (χ2n) is 8.93. The highest BCUT2D eigenvalue weighted by Crippen LogP contribution is 2.44. The number of carboxylic acid groups (broad SMARTS) is 1. The lowest BCUT2D eigenvalue weighted by Crippen LogP contribution is -2.53. The van der Waals surface area contributed by atoms with Gasteiger partial charge in [0.25, 0.3) is 0 Å². The van der Waals surface area contributed by atoms with Crippen LogP contribution >= 0.6 is 0 Å². The summed E-state index contributed by atoms with van der Waals surface area (Å²) in [5, 5.41) is 11.9. The standard InChI is InChI=1S/C29H30N2O5/c1-3-25(28(33)34)30-27(32)26(17-19-11-5-4-6-12-19)31(2)29(35)36-18-24-22-15-9-7-13-20(22)21-14-8-10-16-23(21)24/h4-16,24-26H,3,17-18H2,1-2H3,(H,30,32)(H,33,34)/t25-,26-/m0/s1. The van der Waals surface area contributed by atoms with Crippen molar-refractivity contribution in [3.05, 3.63) is 95.6 Å². The van der Waals surface area contributed by atoms with Gasteiger partial charge in [0.1, 0.15) is 18.7 Å². The minimum Gasteiger partial charge on any atom is -0.480 e. The predicted molar refractivity (Wildman–Crippen MR) is 137 cm³/mol. The lowest BCUT2D eigenvalue weighted by Gasteiger charge is -2.28. The second kappa shape index (κ2) is 11.1. The normalized spacial score (nSPS) is 13.7. The molecule has 7 nitrogen and oxygen atoms in total. The molecule has 2 amide bonds. The minimum absolute atomic E-state index is 0.104. The van der Waals surface area contributed by atoms with Gasteiger partial charge in [0.05, 0.1) is 0 Å². The molecule has 0 saturated heterocycles. The molecule has 186 valence electrons. The van der Waals surface area contributed by atoms with E-state index >= 15 is 0 Å². The summed E-state index contributed by atoms with van der Waals surface area (Å²) in [6.45, 7) is 1.81. The number of amides is 2. The number of likely N-dealkylation sites (N-methyl/N-ethyl adjacent to an activating group) is 1. The highest BCUT2D eigenvalue weighted by molar-refractivity contribution is 5.89. The molecule has 0 bridgehead atoms. The van der Waals surface area contributed by atoms with Crippen molar-refractivity contribution in [1.82, 2.24) is 10.2 Å². The fourth-order valence-electron chi connectivity index (χ4n) is 4.67. The Bertz CT molecular complexity index is 1200. The predicted octanol–water partition coefficient (Wildman–Crippen LogP) is 4.46. The van der Waals surface area contributed by atoms with Crippen LogP contribution in [0.25, 0.3) is 11.1 Å². The van der Waals surface area contributed by atoms with E-state index in [9.17, 15) is 19.5 Å². The van der Waals surface area contributed by atoms with Crippen LogP contribution in [0.3, 0.4) is 0 Å². The molecule has 0 aliphatic heterocycles. The molecule has 2 N–H and O–H groups in total. The van der Waals surface area contributed by atoms with Gasteiger partial charge in [0.15, 0.2) is 0 Å². The van der Waals surface area contributed by atoms with Crippen molar-refractivity contribution in [3.8, 4) is 11.1 Å². The van der Waals surface area contributed by atoms with Gasteiger partial charge in [0.2, 0.25) is 5.91 Å². The average molecular weight is 487 g/mol. The van der Waals surface area contributed by atoms with Crippen LogP contribution in [-0.2, 0) is 20.7 Å². The number of nitrogens with one attached hydrogen (secondary N) is 1. The summed E-state index contributed by atoms with van der Waals surface area (Å²) in [7, 11) is 1.51. The van der Waals surface area contributed by atoms with Crippen LogP contribution in [0.15, 0.2) is 78.9 Å². The first kappa shape index (κ1) is 25.0. The van der Waals surface area contributed by atoms with Crippen LogP contribution in [0, 0.1) is 0 Å². The Labute approximate surface area is 210 Å². The third-order valence-corrected chi connectivity index (χ3v) is 6.69. The third-order valence-electron chi connectivity index (χ3n) is 6.69. The number of ether oxygens (including phenoxy) is 1. The fraction of sp³-hybridized carbons (Fsp3) is 0.276. The Morgan fingerprint density at radius 1 is 0.917 bits per heavy atom. The average Bonchev–Trinajstić information content (AvgIpc) is 3.22. The highest BCUT2D eigenvalue weighted by Gasteiger charge is 2.33. The monoisotopic (exact) mass is 486 g/mol. The number of aliphatic carboxylic acids is 1. The number of nitrogens with zero attached hydrogens (tertiary/aromatic N) is 1. The number of hydrogen-bond acceptors (Lipinski definition) is 4. The lowest BCUT2D eigenvalue weighted by atomic mass is 9.98. The molecule has 3 aromatic carbocycles. The highest BCUT2D eigenvalue weighted by atomic mass is 16.6. The molecular formula is C29H30N2O5. The van der Waals surface area contributed by atoms with Crippen molar-refractivity contribution in [1.29, 1.82) is 0 Å². The SMILES string of the molecule is CC[C@H](NC(=O)[C@H](Cc1ccccc1)N(C)C(=O)OCC1c2ccccc2-c2ccccc21)C(=O)O. The number of benzene rings is 3. The van der Waals surface area contributed by atoms with E-state index in [1.807, 2.05) is 66.7 Å². The molecule has 0 radical (unpaired) electrons. The minimum atomic E-state index is -1.12. The quantitative estimate of drug-likeness (QED) is 0.466. The molecule has 0 heterocycles. The van der Waals surface area contributed by atoms with Gasteiger partial charge in [-0.2, -0.15) is 0 Å². The number of fused-ring (bicyclic) bond motifs is 3. The molecule has 36 heavy (non-hydrogen) atoms. The maximum atomic E-state index is 13.2. The van der Waals surface area contributed by atoms with Gasteiger partial charge >= 0.3 is 12.1 Å². The zero-order valence-electron chi connectivity index (χ0n) is 20.4. The molecular weight excluding hydrogens is 456 g/mol. The molecule has 0 unspecified atom stereocenters. The molecule has 1 aliphatic rings. The van der Waals surface area contributed by atoms with Crippen molar-refractivity contribution in [2.75, 3.05) is 13.7 Å². The summed E-state index contributed by atoms with van der Waals surface area (Å²) in [5.41, 5.74) is 5.30. The molecule has 7 heteroatoms. The van der Waals surface area contributed by atoms with Crippen molar-refractivity contribution >= 4 is 18.0 Å². The second-order valence-corrected chi connectivity index (χ2v) is 8.93. The van der Waals surface area contributed by atoms with Crippen molar-refractivity contribution in [2.24, 2.45) is 0 Å². The Morgan fingerprint density at radius 3 is 2.03 bits per heavy atom. The van der Waals surface area contributed by atoms with Gasteiger partial charge in [-0.3, -0.25) is 9.69 Å². The van der Waals surface area contributed by atoms with Crippen LogP contribution in [0.2, 0.25) is 0 Å². The van der Waals surface area contributed by atoms with E-state index in [2.05, 4.69) is 17.4 Å². The number of carbonyl (C=O) groups is 3. The van der Waals surface area contributed by atoms with Gasteiger partial charge in [-0.15, -0.1) is 0 Å². The Morgan fingerprint density at radius 2 is 1.47 bits per heavy atom. The maximum Gasteiger partial charge on any atom is 0.410 e. The van der Waals surface area contributed by atoms with E-state index in [0.29, 0.717) is 0 Å². The first-order chi connectivity index (χ1) is 17.4. The lowest BCUT2D eigenvalue weighted by molar-refractivity contribution is -0.142. The third kappa shape index (κ3) is 5.25. The first-order valence-corrected chi connectivity index (χ1v) is 12.1. The van der Waals surface area contributed by atoms with E-state index in [1.54, 1.807) is 6.92 Å². The zero-order chi connectivity index (χ0) is 25.7. The topological polar surface area (TPSA) is 95.9 Å². The molecule has 3 aromatic rings. The summed E-state index contributed by atoms with van der Waals surface area (Å²) in [4.78, 5) is 39.0. The van der Waals surface area contributed by atoms with Crippen LogP contribution in [0.4, 0.5) is 4.79 Å². The van der Waals surface area contributed by atoms with E-state index in [1.165, 1.54) is 11.9 Å². The summed E-state index contributed by atoms with van der Waals surface area (Å²) in [5.74, 6) is -1.76. The fourth-order valence-corrected chi connectivity index (χ4v) is 4.67. The summed E-state index contributed by atoms with van der Waals surface area (Å²) in [6.07, 6.45) is -0.187. The van der Waals surface area contributed by atoms with E-state index in [0.717, 1.165) is 27.8 Å². The smallest absolute Gasteiger partial charge is 0.410 e. The van der Waals surface area contributed by atoms with Crippen LogP contribution in [0.5, 0.6) is 0 Å². The van der Waals surface area contributed by atoms with Crippen molar-refractivity contribution < 1.29 is 24.2 Å². The number of carbonyl (C=O) groups excluding carboxylic acids is 2. The van der Waals surface area contributed by atoms with E-state index in [-0.39, 0.29) is 25.4 Å². The number of rotatable bonds is 9. The molecule has 0 fully saturated rings. The Kier molecular flexibility index (Phi) is 7.68. The van der Waals surface area contributed by atoms with Crippen LogP contribution in [0.1, 0.15) is 36.0 Å². The molecule has 2 atom stereocenters. The molecule has 4 rings (SSSR count). The molecule has 0 spiro atoms. The Hall–Kier alpha value is -4.13. The van der Waals surface area contributed by atoms with Gasteiger partial charge in [-0.1, -0.05) is 85.8 Å². The largest absolute Gasteiger partial charge is 0.480 e. The van der Waals surface area contributed by atoms with Crippen LogP contribution in [-0.4, -0.2) is 53.7 Å². The molecule has 0 saturated carbocycles. The first-order valence-electron chi connectivity index (χ1n) is 12.1. The van der Waals surface area contributed by atoms with Gasteiger partial charge in [-0.25, -0.2) is 9.59 Å². The summed E-state index contributed by atoms with van der Waals surface area (Å²) in [6, 6.07) is 23.5. The summed E-state index contributed by atoms with van der Waals surface area (Å²) < 4.78 is 5.74. The number of hydrogen-bond donors (Lipinski definition) is 2. The van der Waals surface area contributed by atoms with E-state index in [4.69, 9.17) is 4.74 Å². The molecule has 0 aromatic heterocycles. The zero-order valence-corrected chi connectivity index (χ0v) is 20.4. The Balaban J connectivity index is 1.51. The maximum absolute atomic E-state index is 13.2. The summed E-state index contributed by atoms with van der Waals surface area (Å²) >= 11 is 0. The van der Waals surface area contributed by atoms with Crippen LogP contribution < -0.4 is 5.32 Å². The number of carboxylic acids is 1. The van der Waals surface area contributed by atoms with Gasteiger partial charge in [-0.05, 0) is 34.2 Å².